The number of carbonyl (C=O) groups is 3. The minimum atomic E-state index is -5.18. The van der Waals surface area contributed by atoms with Gasteiger partial charge in [0.25, 0.3) is 0 Å². The summed E-state index contributed by atoms with van der Waals surface area (Å²) in [5.41, 5.74) is 0.222. The Morgan fingerprint density at radius 2 is 1.37 bits per heavy atom. The Labute approximate surface area is 334 Å². The topological polar surface area (TPSA) is 118 Å². The Hall–Kier alpha value is -2.67. The molecule has 19 heteroatoms. The lowest BCUT2D eigenvalue weighted by atomic mass is 9.89. The number of Topliss-reactive ketones (excluding diaryl/α,β-unsaturated/α-hetero) is 1. The number of ketones is 1. The molecular weight excluding hydrogens is 807 g/mol. The molecule has 0 radical (unpaired) electrons. The normalized spacial score (nSPS) is 17.3. The lowest BCUT2D eigenvalue weighted by Crippen LogP contribution is -2.43. The molecule has 2 aliphatic rings. The van der Waals surface area contributed by atoms with Crippen LogP contribution in [0.15, 0.2) is 24.3 Å². The highest BCUT2D eigenvalue weighted by Crippen LogP contribution is 2.37. The monoisotopic (exact) mass is 864 g/mol. The quantitative estimate of drug-likeness (QED) is 0.0750. The molecule has 1 aliphatic heterocycles. The fourth-order valence-corrected chi connectivity index (χ4v) is 4.75. The number of carbonyl (C=O) groups excluding carboxylic acids is 3. The zero-order valence-electron chi connectivity index (χ0n) is 33.1. The van der Waals surface area contributed by atoms with Gasteiger partial charge in [-0.3, -0.25) is 23.6 Å². The molecule has 1 aromatic rings. The molecule has 334 valence electrons. The molecule has 1 saturated heterocycles. The first-order valence-electron chi connectivity index (χ1n) is 18.5. The molecule has 1 heterocycles. The van der Waals surface area contributed by atoms with Gasteiger partial charge in [0.15, 0.2) is 6.67 Å². The highest BCUT2D eigenvalue weighted by atomic mass is 35.5. The van der Waals surface area contributed by atoms with Gasteiger partial charge in [-0.2, -0.15) is 22.8 Å². The first kappa shape index (κ1) is 56.4. The Balaban J connectivity index is 0. The van der Waals surface area contributed by atoms with Crippen molar-refractivity contribution in [2.45, 2.75) is 110 Å². The maximum absolute atomic E-state index is 12.3. The molecule has 0 bridgehead atoms. The summed E-state index contributed by atoms with van der Waals surface area (Å²) in [7, 11) is 0.500. The van der Waals surface area contributed by atoms with Crippen molar-refractivity contribution in [1.82, 2.24) is 0 Å². The van der Waals surface area contributed by atoms with Crippen molar-refractivity contribution in [2.24, 2.45) is 23.7 Å². The van der Waals surface area contributed by atoms with Gasteiger partial charge in [-0.25, -0.2) is 9.18 Å². The van der Waals surface area contributed by atoms with Crippen LogP contribution in [-0.2, 0) is 33.4 Å². The van der Waals surface area contributed by atoms with Gasteiger partial charge in [-0.1, -0.05) is 58.2 Å². The standard InChI is InChI=1S/C12H22O3.C12H22O2.C7H5ClO3.C6H6F8O.CH3F/c1-3-10(2)8-14-9-11-4-5-12(13)15-7-6-11;1-3-10(2)8-14-9-11-4-6-12(13)7-5-11;8-6-3-1-2-5(4-6)7(9)11-10;7-3-5(10,11)4(8,9)1-2-15-6(12,13)14;1-2/h10-11H,3-9H2,1-2H3;10-11H,3-9H2,1-2H3;1-4,10H;1-3H2;1H3. The molecule has 3 atom stereocenters. The molecule has 9 nitrogen and oxygen atoms in total. The third-order valence-corrected chi connectivity index (χ3v) is 8.88. The van der Waals surface area contributed by atoms with E-state index >= 15 is 0 Å². The Bertz CT molecular complexity index is 1220. The fraction of sp³-hybridized carbons (Fsp3) is 0.763. The molecule has 57 heavy (non-hydrogen) atoms. The van der Waals surface area contributed by atoms with E-state index in [-0.39, 0.29) is 11.5 Å². The molecule has 0 spiro atoms. The highest BCUT2D eigenvalue weighted by Gasteiger charge is 2.56. The molecule has 1 aromatic carbocycles. The summed E-state index contributed by atoms with van der Waals surface area (Å²) in [6.45, 7) is 8.37. The van der Waals surface area contributed by atoms with E-state index in [4.69, 9.17) is 31.1 Å². The van der Waals surface area contributed by atoms with Crippen LogP contribution in [0.25, 0.3) is 0 Å². The van der Waals surface area contributed by atoms with Gasteiger partial charge in [0.2, 0.25) is 0 Å². The number of halogens is 10. The van der Waals surface area contributed by atoms with Crippen molar-refractivity contribution < 1.29 is 83.0 Å². The van der Waals surface area contributed by atoms with Crippen molar-refractivity contribution in [3.05, 3.63) is 34.9 Å². The van der Waals surface area contributed by atoms with Crippen LogP contribution in [0.2, 0.25) is 5.02 Å². The largest absolute Gasteiger partial charge is 0.522 e. The number of ether oxygens (including phenoxy) is 4. The molecular formula is C38H58ClF9O9. The van der Waals surface area contributed by atoms with Crippen LogP contribution in [0, 0.1) is 23.7 Å². The van der Waals surface area contributed by atoms with Crippen molar-refractivity contribution >= 4 is 29.3 Å². The second kappa shape index (κ2) is 31.3. The summed E-state index contributed by atoms with van der Waals surface area (Å²) in [4.78, 5) is 36.1. The van der Waals surface area contributed by atoms with Crippen molar-refractivity contribution in [3.63, 3.8) is 0 Å². The minimum absolute atomic E-state index is 0.0561. The number of rotatable bonds is 16. The predicted octanol–water partition coefficient (Wildman–Crippen LogP) is 10.9. The molecule has 3 rings (SSSR count). The zero-order valence-corrected chi connectivity index (χ0v) is 33.9. The Morgan fingerprint density at radius 1 is 0.860 bits per heavy atom. The smallest absolute Gasteiger partial charge is 0.466 e. The van der Waals surface area contributed by atoms with Crippen LogP contribution in [0.4, 0.5) is 39.5 Å². The third kappa shape index (κ3) is 28.4. The summed E-state index contributed by atoms with van der Waals surface area (Å²) in [6, 6.07) is 6.11. The maximum Gasteiger partial charge on any atom is 0.522 e. The van der Waals surface area contributed by atoms with Crippen LogP contribution in [0.5, 0.6) is 0 Å². The number of benzene rings is 1. The van der Waals surface area contributed by atoms with Crippen LogP contribution in [0.1, 0.15) is 102 Å². The van der Waals surface area contributed by atoms with Crippen LogP contribution >= 0.6 is 11.6 Å². The lowest BCUT2D eigenvalue weighted by molar-refractivity contribution is -0.331. The molecule has 3 unspecified atom stereocenters. The van der Waals surface area contributed by atoms with Crippen LogP contribution in [-0.4, -0.2) is 94.7 Å². The summed E-state index contributed by atoms with van der Waals surface area (Å²) in [5.74, 6) is -7.85. The van der Waals surface area contributed by atoms with Gasteiger partial charge in [-0.15, -0.1) is 13.2 Å². The van der Waals surface area contributed by atoms with E-state index in [0.717, 1.165) is 71.4 Å². The summed E-state index contributed by atoms with van der Waals surface area (Å²) in [6.07, 6.45) is 1.30. The minimum Gasteiger partial charge on any atom is -0.466 e. The fourth-order valence-electron chi connectivity index (χ4n) is 4.56. The SMILES string of the molecule is CCC(C)COCC1CCC(=O)CC1.CCC(C)COCC1CCOC(=O)CC1.CF.FCC(F)(F)C(F)(F)CCOC(F)(F)F.O=C(OO)c1cccc(Cl)c1. The first-order chi connectivity index (χ1) is 26.7. The zero-order chi connectivity index (χ0) is 44.1. The first-order valence-corrected chi connectivity index (χ1v) is 18.9. The molecule has 1 saturated carbocycles. The van der Waals surface area contributed by atoms with E-state index in [1.165, 1.54) is 18.6 Å². The second-order valence-corrected chi connectivity index (χ2v) is 13.9. The van der Waals surface area contributed by atoms with Gasteiger partial charge >= 0.3 is 30.1 Å². The van der Waals surface area contributed by atoms with Crippen molar-refractivity contribution in [3.8, 4) is 0 Å². The number of alkyl halides is 9. The summed E-state index contributed by atoms with van der Waals surface area (Å²) >= 11 is 5.56. The van der Waals surface area contributed by atoms with Gasteiger partial charge in [-0.05, 0) is 67.6 Å². The summed E-state index contributed by atoms with van der Waals surface area (Å²) in [5, 5.41) is 8.41. The number of esters is 1. The average Bonchev–Trinajstić information content (AvgIpc) is 3.39. The van der Waals surface area contributed by atoms with Gasteiger partial charge in [0, 0.05) is 57.1 Å². The van der Waals surface area contributed by atoms with Crippen LogP contribution in [0.3, 0.4) is 0 Å². The van der Waals surface area contributed by atoms with E-state index in [1.807, 2.05) is 0 Å². The van der Waals surface area contributed by atoms with Crippen molar-refractivity contribution in [2.75, 3.05) is 53.5 Å². The van der Waals surface area contributed by atoms with E-state index < -0.39 is 43.9 Å². The molecule has 1 N–H and O–H groups in total. The Kier molecular flexibility index (Phi) is 31.0. The number of hydrogen-bond acceptors (Lipinski definition) is 9. The number of hydrogen-bond donors (Lipinski definition) is 1. The Morgan fingerprint density at radius 3 is 1.82 bits per heavy atom. The lowest BCUT2D eigenvalue weighted by Gasteiger charge is -2.23. The van der Waals surface area contributed by atoms with Gasteiger partial charge in [0.05, 0.1) is 26.0 Å². The van der Waals surface area contributed by atoms with E-state index in [1.54, 1.807) is 12.1 Å². The maximum atomic E-state index is 12.3. The number of cyclic esters (lactones) is 1. The predicted molar refractivity (Wildman–Crippen MR) is 195 cm³/mol. The third-order valence-electron chi connectivity index (χ3n) is 8.64. The van der Waals surface area contributed by atoms with Crippen LogP contribution < -0.4 is 0 Å². The molecule has 0 aromatic heterocycles. The second-order valence-electron chi connectivity index (χ2n) is 13.5. The highest BCUT2D eigenvalue weighted by molar-refractivity contribution is 6.30. The molecule has 2 fully saturated rings. The van der Waals surface area contributed by atoms with E-state index in [0.29, 0.717) is 54.7 Å². The summed E-state index contributed by atoms with van der Waals surface area (Å²) < 4.78 is 123. The average molecular weight is 865 g/mol. The van der Waals surface area contributed by atoms with Gasteiger partial charge in [0.1, 0.15) is 5.78 Å². The van der Waals surface area contributed by atoms with E-state index in [2.05, 4.69) is 37.3 Å². The molecule has 0 amide bonds. The molecule has 1 aliphatic carbocycles. The van der Waals surface area contributed by atoms with E-state index in [9.17, 15) is 53.9 Å². The van der Waals surface area contributed by atoms with Crippen molar-refractivity contribution in [1.29, 1.82) is 0 Å². The van der Waals surface area contributed by atoms with Gasteiger partial charge < -0.3 is 14.2 Å².